The molecule has 0 bridgehead atoms. The monoisotopic (exact) mass is 399 g/mol. The summed E-state index contributed by atoms with van der Waals surface area (Å²) in [5.41, 5.74) is 2.23. The van der Waals surface area contributed by atoms with Gasteiger partial charge in [-0.1, -0.05) is 29.8 Å². The number of nitro groups is 1. The number of nitrogens with one attached hydrogen (secondary N) is 1. The van der Waals surface area contributed by atoms with Crippen molar-refractivity contribution in [3.63, 3.8) is 0 Å². The minimum atomic E-state index is -0.655. The van der Waals surface area contributed by atoms with E-state index in [1.165, 1.54) is 31.6 Å². The summed E-state index contributed by atoms with van der Waals surface area (Å²) in [4.78, 5) is 27.8. The van der Waals surface area contributed by atoms with E-state index < -0.39 is 10.8 Å². The van der Waals surface area contributed by atoms with E-state index in [0.717, 1.165) is 17.2 Å². The summed E-state index contributed by atoms with van der Waals surface area (Å²) in [5, 5.41) is 16.1. The van der Waals surface area contributed by atoms with Crippen molar-refractivity contribution in [2.75, 3.05) is 19.5 Å². The van der Waals surface area contributed by atoms with Gasteiger partial charge in [-0.25, -0.2) is 4.98 Å². The van der Waals surface area contributed by atoms with Crippen LogP contribution in [0.25, 0.3) is 11.3 Å². The van der Waals surface area contributed by atoms with Crippen LogP contribution in [0.2, 0.25) is 0 Å². The molecule has 144 valence electrons. The summed E-state index contributed by atoms with van der Waals surface area (Å²) in [6.45, 7) is 1.99. The quantitative estimate of drug-likeness (QED) is 0.490. The summed E-state index contributed by atoms with van der Waals surface area (Å²) in [7, 11) is 2.75. The standard InChI is InChI=1S/C19H17N3O5S/c1-11-4-6-12(7-5-11)14-10-28-19(20-14)21-18(23)13-8-16(26-2)17(27-3)9-15(13)22(24)25/h4-10H,1-3H3,(H,20,21,23). The first kappa shape index (κ1) is 19.3. The van der Waals surface area contributed by atoms with Gasteiger partial charge in [-0.05, 0) is 6.92 Å². The van der Waals surface area contributed by atoms with E-state index in [0.29, 0.717) is 10.8 Å². The second-order valence-corrected chi connectivity index (χ2v) is 6.70. The van der Waals surface area contributed by atoms with Crippen LogP contribution in [-0.4, -0.2) is 30.0 Å². The van der Waals surface area contributed by atoms with Crippen molar-refractivity contribution in [1.29, 1.82) is 0 Å². The van der Waals surface area contributed by atoms with E-state index in [9.17, 15) is 14.9 Å². The Morgan fingerprint density at radius 2 is 1.79 bits per heavy atom. The van der Waals surface area contributed by atoms with Crippen LogP contribution >= 0.6 is 11.3 Å². The summed E-state index contributed by atoms with van der Waals surface area (Å²) >= 11 is 1.23. The number of aryl methyl sites for hydroxylation is 1. The van der Waals surface area contributed by atoms with E-state index in [4.69, 9.17) is 9.47 Å². The maximum Gasteiger partial charge on any atom is 0.286 e. The Morgan fingerprint density at radius 3 is 2.39 bits per heavy atom. The lowest BCUT2D eigenvalue weighted by Crippen LogP contribution is -2.14. The van der Waals surface area contributed by atoms with Crippen LogP contribution in [0.4, 0.5) is 10.8 Å². The minimum Gasteiger partial charge on any atom is -0.493 e. The number of nitro benzene ring substituents is 1. The van der Waals surface area contributed by atoms with Gasteiger partial charge in [0.2, 0.25) is 0 Å². The number of ether oxygens (including phenoxy) is 2. The van der Waals surface area contributed by atoms with Gasteiger partial charge in [0, 0.05) is 17.0 Å². The first-order valence-electron chi connectivity index (χ1n) is 8.17. The Labute approximate surface area is 164 Å². The zero-order valence-electron chi connectivity index (χ0n) is 15.4. The molecular weight excluding hydrogens is 382 g/mol. The number of anilines is 1. The predicted octanol–water partition coefficient (Wildman–Crippen LogP) is 4.30. The SMILES string of the molecule is COc1cc(C(=O)Nc2nc(-c3ccc(C)cc3)cs2)c([N+](=O)[O-])cc1OC. The maximum absolute atomic E-state index is 12.7. The third-order valence-corrected chi connectivity index (χ3v) is 4.77. The Morgan fingerprint density at radius 1 is 1.14 bits per heavy atom. The molecule has 0 saturated heterocycles. The van der Waals surface area contributed by atoms with Gasteiger partial charge in [-0.15, -0.1) is 11.3 Å². The Hall–Kier alpha value is -3.46. The number of nitrogens with zero attached hydrogens (tertiary/aromatic N) is 2. The highest BCUT2D eigenvalue weighted by Gasteiger charge is 2.25. The Bertz CT molecular complexity index is 1030. The number of hydrogen-bond donors (Lipinski definition) is 1. The van der Waals surface area contributed by atoms with Gasteiger partial charge < -0.3 is 9.47 Å². The lowest BCUT2D eigenvalue weighted by atomic mass is 10.1. The summed E-state index contributed by atoms with van der Waals surface area (Å²) < 4.78 is 10.2. The van der Waals surface area contributed by atoms with Crippen molar-refractivity contribution in [3.05, 3.63) is 63.0 Å². The lowest BCUT2D eigenvalue weighted by molar-refractivity contribution is -0.385. The molecule has 0 radical (unpaired) electrons. The summed E-state index contributed by atoms with van der Waals surface area (Å²) in [5.74, 6) is -0.267. The second kappa shape index (κ2) is 8.05. The predicted molar refractivity (Wildman–Crippen MR) is 106 cm³/mol. The van der Waals surface area contributed by atoms with Gasteiger partial charge >= 0.3 is 0 Å². The molecule has 3 rings (SSSR count). The van der Waals surface area contributed by atoms with Crippen molar-refractivity contribution >= 4 is 28.1 Å². The van der Waals surface area contributed by atoms with Crippen LogP contribution in [0.1, 0.15) is 15.9 Å². The Kier molecular flexibility index (Phi) is 5.55. The average Bonchev–Trinajstić information content (AvgIpc) is 3.15. The fourth-order valence-corrected chi connectivity index (χ4v) is 3.27. The molecule has 1 N–H and O–H groups in total. The topological polar surface area (TPSA) is 104 Å². The molecule has 1 amide bonds. The van der Waals surface area contributed by atoms with Gasteiger partial charge in [0.05, 0.1) is 30.9 Å². The van der Waals surface area contributed by atoms with Gasteiger partial charge in [0.15, 0.2) is 16.6 Å². The van der Waals surface area contributed by atoms with Gasteiger partial charge in [-0.3, -0.25) is 20.2 Å². The molecule has 2 aromatic carbocycles. The van der Waals surface area contributed by atoms with Crippen molar-refractivity contribution in [2.24, 2.45) is 0 Å². The molecule has 1 heterocycles. The van der Waals surface area contributed by atoms with Crippen molar-refractivity contribution < 1.29 is 19.2 Å². The molecule has 0 aliphatic rings. The van der Waals surface area contributed by atoms with Crippen LogP contribution in [0.5, 0.6) is 11.5 Å². The molecule has 0 atom stereocenters. The molecular formula is C19H17N3O5S. The third kappa shape index (κ3) is 3.94. The maximum atomic E-state index is 12.7. The van der Waals surface area contributed by atoms with Gasteiger partial charge in [-0.2, -0.15) is 0 Å². The zero-order chi connectivity index (χ0) is 20.3. The third-order valence-electron chi connectivity index (χ3n) is 4.02. The average molecular weight is 399 g/mol. The van der Waals surface area contributed by atoms with Gasteiger partial charge in [0.1, 0.15) is 5.56 Å². The minimum absolute atomic E-state index is 0.144. The molecule has 1 aromatic heterocycles. The van der Waals surface area contributed by atoms with Crippen LogP contribution in [-0.2, 0) is 0 Å². The first-order valence-corrected chi connectivity index (χ1v) is 9.05. The molecule has 0 saturated carbocycles. The van der Waals surface area contributed by atoms with E-state index >= 15 is 0 Å². The number of aromatic nitrogens is 1. The number of carbonyl (C=O) groups is 1. The number of amides is 1. The number of methoxy groups -OCH3 is 2. The number of rotatable bonds is 6. The largest absolute Gasteiger partial charge is 0.493 e. The van der Waals surface area contributed by atoms with E-state index in [-0.39, 0.29) is 22.7 Å². The molecule has 0 fully saturated rings. The second-order valence-electron chi connectivity index (χ2n) is 5.84. The fourth-order valence-electron chi connectivity index (χ4n) is 2.55. The molecule has 28 heavy (non-hydrogen) atoms. The lowest BCUT2D eigenvalue weighted by Gasteiger charge is -2.10. The number of carbonyl (C=O) groups excluding carboxylic acids is 1. The van der Waals surface area contributed by atoms with Crippen molar-refractivity contribution in [1.82, 2.24) is 4.98 Å². The van der Waals surface area contributed by atoms with Crippen LogP contribution in [0.3, 0.4) is 0 Å². The highest BCUT2D eigenvalue weighted by atomic mass is 32.1. The van der Waals surface area contributed by atoms with E-state index in [1.54, 1.807) is 0 Å². The molecule has 0 unspecified atom stereocenters. The van der Waals surface area contributed by atoms with E-state index in [2.05, 4.69) is 10.3 Å². The normalized spacial score (nSPS) is 10.4. The fraction of sp³-hybridized carbons (Fsp3) is 0.158. The number of thiazole rings is 1. The number of benzene rings is 2. The first-order chi connectivity index (χ1) is 13.4. The highest BCUT2D eigenvalue weighted by Crippen LogP contribution is 2.35. The van der Waals surface area contributed by atoms with Crippen molar-refractivity contribution in [2.45, 2.75) is 6.92 Å². The van der Waals surface area contributed by atoms with E-state index in [1.807, 2.05) is 36.6 Å². The highest BCUT2D eigenvalue weighted by molar-refractivity contribution is 7.14. The van der Waals surface area contributed by atoms with Gasteiger partial charge in [0.25, 0.3) is 11.6 Å². The van der Waals surface area contributed by atoms with Crippen LogP contribution in [0.15, 0.2) is 41.8 Å². The summed E-state index contributed by atoms with van der Waals surface area (Å²) in [6, 6.07) is 10.3. The molecule has 3 aromatic rings. The molecule has 0 aliphatic carbocycles. The molecule has 0 aliphatic heterocycles. The zero-order valence-corrected chi connectivity index (χ0v) is 16.2. The van der Waals surface area contributed by atoms with Crippen LogP contribution < -0.4 is 14.8 Å². The van der Waals surface area contributed by atoms with Crippen molar-refractivity contribution in [3.8, 4) is 22.8 Å². The number of hydrogen-bond acceptors (Lipinski definition) is 7. The smallest absolute Gasteiger partial charge is 0.286 e. The van der Waals surface area contributed by atoms with Crippen LogP contribution in [0, 0.1) is 17.0 Å². The Balaban J connectivity index is 1.89. The molecule has 9 heteroatoms. The molecule has 0 spiro atoms. The summed E-state index contributed by atoms with van der Waals surface area (Å²) in [6.07, 6.45) is 0. The molecule has 8 nitrogen and oxygen atoms in total.